The Kier molecular flexibility index (Phi) is 5.35. The number of nitrogens with zero attached hydrogens (tertiary/aromatic N) is 3. The zero-order chi connectivity index (χ0) is 20.3. The second-order valence-corrected chi connectivity index (χ2v) is 5.93. The molecule has 0 saturated heterocycles. The quantitative estimate of drug-likeness (QED) is 0.357. The van der Waals surface area contributed by atoms with Crippen LogP contribution in [0.3, 0.4) is 0 Å². The normalized spacial score (nSPS) is 11.7. The van der Waals surface area contributed by atoms with Gasteiger partial charge in [0.2, 0.25) is 5.89 Å². The van der Waals surface area contributed by atoms with Crippen molar-refractivity contribution >= 4 is 11.7 Å². The lowest BCUT2D eigenvalue weighted by molar-refractivity contribution is -0.385. The van der Waals surface area contributed by atoms with Crippen molar-refractivity contribution in [1.82, 2.24) is 10.2 Å². The van der Waals surface area contributed by atoms with E-state index in [2.05, 4.69) is 10.2 Å². The van der Waals surface area contributed by atoms with Gasteiger partial charge >= 0.3 is 5.97 Å². The number of esters is 1. The van der Waals surface area contributed by atoms with Crippen molar-refractivity contribution in [3.8, 4) is 17.2 Å². The number of benzene rings is 2. The Balaban J connectivity index is 1.75. The smallest absolute Gasteiger partial charge is 0.339 e. The number of hydrogen-bond acceptors (Lipinski definition) is 8. The fourth-order valence-corrected chi connectivity index (χ4v) is 2.57. The molecular formula is C19H17N3O6. The monoisotopic (exact) mass is 383 g/mol. The molecular weight excluding hydrogens is 366 g/mol. The molecule has 0 bridgehead atoms. The van der Waals surface area contributed by atoms with E-state index in [9.17, 15) is 14.9 Å². The molecule has 0 N–H and O–H groups in total. The van der Waals surface area contributed by atoms with Gasteiger partial charge in [0.1, 0.15) is 5.75 Å². The summed E-state index contributed by atoms with van der Waals surface area (Å²) >= 11 is 0. The number of rotatable bonds is 6. The molecule has 1 atom stereocenters. The summed E-state index contributed by atoms with van der Waals surface area (Å²) in [5.41, 5.74) is 0.874. The number of hydrogen-bond donors (Lipinski definition) is 0. The summed E-state index contributed by atoms with van der Waals surface area (Å²) in [6, 6.07) is 11.3. The number of nitro groups is 1. The van der Waals surface area contributed by atoms with E-state index in [0.717, 1.165) is 0 Å². The van der Waals surface area contributed by atoms with Crippen molar-refractivity contribution in [3.05, 3.63) is 69.6 Å². The molecule has 0 spiro atoms. The van der Waals surface area contributed by atoms with E-state index in [1.165, 1.54) is 25.1 Å². The largest absolute Gasteiger partial charge is 0.497 e. The second kappa shape index (κ2) is 7.87. The molecule has 0 aliphatic carbocycles. The topological polar surface area (TPSA) is 118 Å². The maximum Gasteiger partial charge on any atom is 0.339 e. The van der Waals surface area contributed by atoms with Gasteiger partial charge in [-0.25, -0.2) is 4.79 Å². The third kappa shape index (κ3) is 3.83. The van der Waals surface area contributed by atoms with E-state index in [1.54, 1.807) is 38.3 Å². The highest BCUT2D eigenvalue weighted by molar-refractivity contribution is 5.92. The molecule has 0 saturated carbocycles. The van der Waals surface area contributed by atoms with Crippen LogP contribution >= 0.6 is 0 Å². The molecule has 0 amide bonds. The molecule has 9 nitrogen and oxygen atoms in total. The first-order chi connectivity index (χ1) is 13.4. The molecule has 2 aromatic carbocycles. The highest BCUT2D eigenvalue weighted by atomic mass is 16.6. The first-order valence-corrected chi connectivity index (χ1v) is 8.33. The van der Waals surface area contributed by atoms with Gasteiger partial charge in [-0.1, -0.05) is 6.07 Å². The molecule has 9 heteroatoms. The molecule has 28 heavy (non-hydrogen) atoms. The Morgan fingerprint density at radius 2 is 1.89 bits per heavy atom. The number of nitro benzene ring substituents is 1. The van der Waals surface area contributed by atoms with Crippen LogP contribution in [0.1, 0.15) is 34.8 Å². The van der Waals surface area contributed by atoms with Gasteiger partial charge in [0.25, 0.3) is 11.6 Å². The molecule has 0 aliphatic heterocycles. The summed E-state index contributed by atoms with van der Waals surface area (Å²) < 4.78 is 16.0. The van der Waals surface area contributed by atoms with Crippen LogP contribution < -0.4 is 4.74 Å². The highest BCUT2D eigenvalue weighted by Gasteiger charge is 2.23. The number of carbonyl (C=O) groups is 1. The van der Waals surface area contributed by atoms with E-state index in [1.807, 2.05) is 0 Å². The first kappa shape index (κ1) is 19.0. The summed E-state index contributed by atoms with van der Waals surface area (Å²) in [5.74, 6) is 0.366. The van der Waals surface area contributed by atoms with Gasteiger partial charge < -0.3 is 13.9 Å². The maximum absolute atomic E-state index is 12.4. The van der Waals surface area contributed by atoms with Crippen LogP contribution in [0.4, 0.5) is 5.69 Å². The van der Waals surface area contributed by atoms with Gasteiger partial charge in [0.15, 0.2) is 6.10 Å². The molecule has 0 fully saturated rings. The van der Waals surface area contributed by atoms with Gasteiger partial charge in [-0.05, 0) is 44.2 Å². The molecule has 1 heterocycles. The maximum atomic E-state index is 12.4. The summed E-state index contributed by atoms with van der Waals surface area (Å²) in [7, 11) is 1.57. The Morgan fingerprint density at radius 3 is 2.54 bits per heavy atom. The van der Waals surface area contributed by atoms with Crippen molar-refractivity contribution in [2.45, 2.75) is 20.0 Å². The van der Waals surface area contributed by atoms with E-state index < -0.39 is 17.0 Å². The van der Waals surface area contributed by atoms with E-state index in [-0.39, 0.29) is 28.6 Å². The van der Waals surface area contributed by atoms with Crippen LogP contribution in [0.15, 0.2) is 46.9 Å². The van der Waals surface area contributed by atoms with Crippen molar-refractivity contribution < 1.29 is 23.6 Å². The summed E-state index contributed by atoms with van der Waals surface area (Å²) in [5, 5.41) is 18.9. The van der Waals surface area contributed by atoms with Crippen molar-refractivity contribution in [2.24, 2.45) is 0 Å². The fraction of sp³-hybridized carbons (Fsp3) is 0.211. The van der Waals surface area contributed by atoms with Crippen LogP contribution in [-0.4, -0.2) is 28.2 Å². The predicted octanol–water partition coefficient (Wildman–Crippen LogP) is 3.88. The Hall–Kier alpha value is -3.75. The average molecular weight is 383 g/mol. The molecule has 0 aliphatic rings. The molecule has 0 unspecified atom stereocenters. The lowest BCUT2D eigenvalue weighted by Crippen LogP contribution is -2.11. The molecule has 3 rings (SSSR count). The lowest BCUT2D eigenvalue weighted by Gasteiger charge is -2.11. The van der Waals surface area contributed by atoms with E-state index in [0.29, 0.717) is 11.3 Å². The van der Waals surface area contributed by atoms with E-state index >= 15 is 0 Å². The number of carbonyl (C=O) groups excluding carboxylic acids is 1. The number of methoxy groups -OCH3 is 1. The SMILES string of the molecule is COc1ccc(-c2nnc([C@@H](C)OC(=O)c3cccc([N+](=O)[O-])c3C)o2)cc1. The highest BCUT2D eigenvalue weighted by Crippen LogP contribution is 2.26. The van der Waals surface area contributed by atoms with E-state index in [4.69, 9.17) is 13.9 Å². The third-order valence-electron chi connectivity index (χ3n) is 4.13. The lowest BCUT2D eigenvalue weighted by atomic mass is 10.1. The standard InChI is InChI=1S/C19H17N3O6/c1-11-15(5-4-6-16(11)22(24)25)19(23)27-12(2)17-20-21-18(28-17)13-7-9-14(26-3)10-8-13/h4-10,12H,1-3H3/t12-/m1/s1. The van der Waals surface area contributed by atoms with Crippen LogP contribution in [0.5, 0.6) is 5.75 Å². The molecule has 3 aromatic rings. The molecule has 0 radical (unpaired) electrons. The van der Waals surface area contributed by atoms with Crippen LogP contribution in [0, 0.1) is 17.0 Å². The third-order valence-corrected chi connectivity index (χ3v) is 4.13. The Labute approximate surface area is 160 Å². The molecule has 1 aromatic heterocycles. The van der Waals surface area contributed by atoms with Crippen LogP contribution in [0.2, 0.25) is 0 Å². The van der Waals surface area contributed by atoms with Gasteiger partial charge in [-0.2, -0.15) is 0 Å². The number of ether oxygens (including phenoxy) is 2. The Morgan fingerprint density at radius 1 is 1.18 bits per heavy atom. The fourth-order valence-electron chi connectivity index (χ4n) is 2.57. The second-order valence-electron chi connectivity index (χ2n) is 5.93. The summed E-state index contributed by atoms with van der Waals surface area (Å²) in [6.45, 7) is 3.07. The Bertz CT molecular complexity index is 1010. The van der Waals surface area contributed by atoms with Crippen LogP contribution in [-0.2, 0) is 4.74 Å². The van der Waals surface area contributed by atoms with Gasteiger partial charge in [0, 0.05) is 17.2 Å². The minimum absolute atomic E-state index is 0.107. The minimum atomic E-state index is -0.828. The zero-order valence-electron chi connectivity index (χ0n) is 15.4. The zero-order valence-corrected chi connectivity index (χ0v) is 15.4. The van der Waals surface area contributed by atoms with Gasteiger partial charge in [-0.3, -0.25) is 10.1 Å². The first-order valence-electron chi connectivity index (χ1n) is 8.33. The van der Waals surface area contributed by atoms with Crippen molar-refractivity contribution in [1.29, 1.82) is 0 Å². The van der Waals surface area contributed by atoms with Crippen LogP contribution in [0.25, 0.3) is 11.5 Å². The van der Waals surface area contributed by atoms with Gasteiger partial charge in [0.05, 0.1) is 17.6 Å². The number of aromatic nitrogens is 2. The van der Waals surface area contributed by atoms with Crippen molar-refractivity contribution in [2.75, 3.05) is 7.11 Å². The van der Waals surface area contributed by atoms with Gasteiger partial charge in [-0.15, -0.1) is 10.2 Å². The predicted molar refractivity (Wildman–Crippen MR) is 97.9 cm³/mol. The minimum Gasteiger partial charge on any atom is -0.497 e. The average Bonchev–Trinajstić information content (AvgIpc) is 3.18. The molecule has 144 valence electrons. The summed E-state index contributed by atoms with van der Waals surface area (Å²) in [4.78, 5) is 22.9. The van der Waals surface area contributed by atoms with Crippen molar-refractivity contribution in [3.63, 3.8) is 0 Å². The summed E-state index contributed by atoms with van der Waals surface area (Å²) in [6.07, 6.45) is -0.828.